The molecule has 0 fully saturated rings. The number of rotatable bonds is 4. The minimum Gasteiger partial charge on any atom is -0.483 e. The minimum atomic E-state index is -0.212. The van der Waals surface area contributed by atoms with Gasteiger partial charge in [0.15, 0.2) is 17.2 Å². The highest BCUT2D eigenvalue weighted by atomic mass is 16.5. The Bertz CT molecular complexity index is 620. The molecular formula is C14H19N3O3. The largest absolute Gasteiger partial charge is 0.483 e. The van der Waals surface area contributed by atoms with Gasteiger partial charge in [-0.05, 0) is 27.7 Å². The lowest BCUT2D eigenvalue weighted by molar-refractivity contribution is 0.100. The fourth-order valence-electron chi connectivity index (χ4n) is 1.69. The van der Waals surface area contributed by atoms with Gasteiger partial charge in [-0.2, -0.15) is 5.10 Å². The lowest BCUT2D eigenvalue weighted by Crippen LogP contribution is -2.22. The van der Waals surface area contributed by atoms with E-state index in [1.807, 2.05) is 27.7 Å². The van der Waals surface area contributed by atoms with Gasteiger partial charge in [0.05, 0.1) is 11.7 Å². The molecule has 0 amide bonds. The lowest BCUT2D eigenvalue weighted by Gasteiger charge is -2.18. The van der Waals surface area contributed by atoms with E-state index in [0.29, 0.717) is 17.1 Å². The third kappa shape index (κ3) is 3.07. The molecule has 2 aromatic rings. The van der Waals surface area contributed by atoms with E-state index in [1.165, 1.54) is 6.92 Å². The van der Waals surface area contributed by atoms with Gasteiger partial charge in [0.25, 0.3) is 0 Å². The molecule has 0 saturated heterocycles. The maximum absolute atomic E-state index is 11.6. The van der Waals surface area contributed by atoms with Crippen molar-refractivity contribution in [1.29, 1.82) is 0 Å². The van der Waals surface area contributed by atoms with E-state index in [4.69, 9.17) is 9.26 Å². The fraction of sp³-hybridized carbons (Fsp3) is 0.500. The number of Topliss-reactive ketones (excluding diaryl/α,β-unsaturated/α-hetero) is 1. The molecule has 0 aliphatic rings. The van der Waals surface area contributed by atoms with E-state index in [1.54, 1.807) is 16.9 Å². The van der Waals surface area contributed by atoms with Crippen molar-refractivity contribution in [2.24, 2.45) is 0 Å². The maximum atomic E-state index is 11.6. The van der Waals surface area contributed by atoms with Crippen LogP contribution >= 0.6 is 0 Å². The van der Waals surface area contributed by atoms with Crippen LogP contribution in [-0.2, 0) is 12.1 Å². The van der Waals surface area contributed by atoms with Gasteiger partial charge in [0.1, 0.15) is 18.1 Å². The summed E-state index contributed by atoms with van der Waals surface area (Å²) in [5.74, 6) is 1.06. The van der Waals surface area contributed by atoms with E-state index >= 15 is 0 Å². The van der Waals surface area contributed by atoms with Crippen LogP contribution < -0.4 is 4.74 Å². The first-order valence-corrected chi connectivity index (χ1v) is 6.43. The molecule has 0 N–H and O–H groups in total. The first kappa shape index (κ1) is 14.3. The number of carbonyl (C=O) groups excluding carboxylic acids is 1. The molecule has 0 unspecified atom stereocenters. The first-order valence-electron chi connectivity index (χ1n) is 6.43. The first-order chi connectivity index (χ1) is 9.27. The molecule has 0 atom stereocenters. The average molecular weight is 277 g/mol. The Hall–Kier alpha value is -2.11. The van der Waals surface area contributed by atoms with Gasteiger partial charge in [0.2, 0.25) is 0 Å². The molecule has 20 heavy (non-hydrogen) atoms. The number of aryl methyl sites for hydroxylation is 1. The molecule has 6 nitrogen and oxygen atoms in total. The van der Waals surface area contributed by atoms with Crippen LogP contribution in [0.25, 0.3) is 0 Å². The number of carbonyl (C=O) groups is 1. The second-order valence-electron chi connectivity index (χ2n) is 5.73. The predicted molar refractivity (Wildman–Crippen MR) is 72.8 cm³/mol. The Morgan fingerprint density at radius 3 is 2.65 bits per heavy atom. The van der Waals surface area contributed by atoms with Crippen molar-refractivity contribution in [2.75, 3.05) is 0 Å². The Morgan fingerprint density at radius 2 is 2.15 bits per heavy atom. The van der Waals surface area contributed by atoms with Gasteiger partial charge in [0, 0.05) is 13.0 Å². The lowest BCUT2D eigenvalue weighted by atomic mass is 10.1. The molecule has 0 spiro atoms. The van der Waals surface area contributed by atoms with Crippen LogP contribution in [0.1, 0.15) is 49.6 Å². The van der Waals surface area contributed by atoms with Crippen molar-refractivity contribution in [1.82, 2.24) is 14.9 Å². The number of hydrogen-bond donors (Lipinski definition) is 0. The van der Waals surface area contributed by atoms with E-state index in [9.17, 15) is 4.79 Å². The summed E-state index contributed by atoms with van der Waals surface area (Å²) in [6.45, 7) is 9.56. The second-order valence-corrected chi connectivity index (χ2v) is 5.73. The monoisotopic (exact) mass is 277 g/mol. The molecule has 0 aliphatic carbocycles. The summed E-state index contributed by atoms with van der Waals surface area (Å²) in [6, 6.07) is 1.79. The zero-order valence-electron chi connectivity index (χ0n) is 12.4. The summed E-state index contributed by atoms with van der Waals surface area (Å²) in [4.78, 5) is 11.6. The molecule has 2 aromatic heterocycles. The number of nitrogens with zero attached hydrogens (tertiary/aromatic N) is 3. The summed E-state index contributed by atoms with van der Waals surface area (Å²) in [5, 5.41) is 8.15. The van der Waals surface area contributed by atoms with Crippen molar-refractivity contribution in [3.05, 3.63) is 29.4 Å². The van der Waals surface area contributed by atoms with E-state index in [-0.39, 0.29) is 17.9 Å². The van der Waals surface area contributed by atoms with Gasteiger partial charge in [-0.15, -0.1) is 0 Å². The van der Waals surface area contributed by atoms with E-state index in [0.717, 1.165) is 5.76 Å². The molecular weight excluding hydrogens is 258 g/mol. The van der Waals surface area contributed by atoms with Gasteiger partial charge in [-0.3, -0.25) is 9.48 Å². The zero-order valence-corrected chi connectivity index (χ0v) is 12.4. The van der Waals surface area contributed by atoms with Crippen molar-refractivity contribution in [3.63, 3.8) is 0 Å². The van der Waals surface area contributed by atoms with Crippen LogP contribution in [0.15, 0.2) is 16.8 Å². The molecule has 0 aliphatic heterocycles. The molecule has 2 heterocycles. The summed E-state index contributed by atoms with van der Waals surface area (Å²) in [7, 11) is 0. The minimum absolute atomic E-state index is 0.126. The quantitative estimate of drug-likeness (QED) is 0.804. The summed E-state index contributed by atoms with van der Waals surface area (Å²) < 4.78 is 12.3. The third-order valence-corrected chi connectivity index (χ3v) is 2.75. The Labute approximate surface area is 117 Å². The van der Waals surface area contributed by atoms with Crippen molar-refractivity contribution in [3.8, 4) is 5.75 Å². The molecule has 2 rings (SSSR count). The summed E-state index contributed by atoms with van der Waals surface area (Å²) in [6.07, 6.45) is 1.74. The predicted octanol–water partition coefficient (Wildman–Crippen LogP) is 2.72. The normalized spacial score (nSPS) is 11.7. The summed E-state index contributed by atoms with van der Waals surface area (Å²) in [5.41, 5.74) is 0.802. The highest BCUT2D eigenvalue weighted by Gasteiger charge is 2.21. The Balaban J connectivity index is 2.21. The van der Waals surface area contributed by atoms with Crippen LogP contribution in [0, 0.1) is 6.92 Å². The van der Waals surface area contributed by atoms with Crippen LogP contribution in [0.2, 0.25) is 0 Å². The second kappa shape index (κ2) is 5.11. The van der Waals surface area contributed by atoms with Gasteiger partial charge in [-0.25, -0.2) is 0 Å². The number of aromatic nitrogens is 3. The van der Waals surface area contributed by atoms with Crippen molar-refractivity contribution in [2.45, 2.75) is 46.8 Å². The van der Waals surface area contributed by atoms with E-state index in [2.05, 4.69) is 10.3 Å². The summed E-state index contributed by atoms with van der Waals surface area (Å²) >= 11 is 0. The van der Waals surface area contributed by atoms with Gasteiger partial charge >= 0.3 is 0 Å². The fourth-order valence-corrected chi connectivity index (χ4v) is 1.69. The van der Waals surface area contributed by atoms with Crippen molar-refractivity contribution >= 4 is 5.78 Å². The molecule has 108 valence electrons. The third-order valence-electron chi connectivity index (χ3n) is 2.75. The van der Waals surface area contributed by atoms with Crippen LogP contribution in [0.3, 0.4) is 0 Å². The smallest absolute Gasteiger partial charge is 0.183 e. The zero-order chi connectivity index (χ0) is 14.9. The standard InChI is InChI=1S/C14H19N3O3/c1-9-6-11(16-20-9)8-19-12-7-17(14(3,4)5)15-13(12)10(2)18/h6-7H,8H2,1-5H3. The maximum Gasteiger partial charge on any atom is 0.183 e. The molecule has 0 bridgehead atoms. The number of hydrogen-bond acceptors (Lipinski definition) is 5. The molecule has 0 radical (unpaired) electrons. The van der Waals surface area contributed by atoms with Crippen LogP contribution in [0.5, 0.6) is 5.75 Å². The van der Waals surface area contributed by atoms with Crippen molar-refractivity contribution < 1.29 is 14.1 Å². The number of ketones is 1. The molecule has 6 heteroatoms. The number of ether oxygens (including phenoxy) is 1. The molecule has 0 aromatic carbocycles. The Kier molecular flexibility index (Phi) is 3.65. The van der Waals surface area contributed by atoms with Gasteiger partial charge < -0.3 is 9.26 Å². The van der Waals surface area contributed by atoms with Gasteiger partial charge in [-0.1, -0.05) is 5.16 Å². The SMILES string of the molecule is CC(=O)c1nn(C(C)(C)C)cc1OCc1cc(C)on1. The average Bonchev–Trinajstić information content (AvgIpc) is 2.91. The van der Waals surface area contributed by atoms with Crippen LogP contribution in [-0.4, -0.2) is 20.7 Å². The van der Waals surface area contributed by atoms with E-state index < -0.39 is 0 Å². The molecule has 0 saturated carbocycles. The highest BCUT2D eigenvalue weighted by molar-refractivity contribution is 5.94. The topological polar surface area (TPSA) is 70.2 Å². The van der Waals surface area contributed by atoms with Crippen LogP contribution in [0.4, 0.5) is 0 Å². The highest BCUT2D eigenvalue weighted by Crippen LogP contribution is 2.23. The Morgan fingerprint density at radius 1 is 1.45 bits per heavy atom.